The van der Waals surface area contributed by atoms with E-state index in [-0.39, 0.29) is 5.56 Å². The molecule has 4 nitrogen and oxygen atoms in total. The Balaban J connectivity index is 1.65. The first kappa shape index (κ1) is 12.0. The molecule has 1 aromatic carbocycles. The van der Waals surface area contributed by atoms with E-state index in [1.807, 2.05) is 24.4 Å². The molecule has 2 N–H and O–H groups in total. The lowest BCUT2D eigenvalue weighted by molar-refractivity contribution is 0.270. The standard InChI is InChI=1S/C15H17N3O/c16-14-5-4-12-10-17(11-13(12)9-14)7-8-18-6-2-1-3-15(18)19/h1-6,9H,7-8,10-11,16H2. The molecule has 1 aliphatic rings. The van der Waals surface area contributed by atoms with Gasteiger partial charge in [0, 0.05) is 44.1 Å². The monoisotopic (exact) mass is 255 g/mol. The minimum atomic E-state index is 0.0588. The zero-order valence-electron chi connectivity index (χ0n) is 10.7. The molecule has 0 fully saturated rings. The van der Waals surface area contributed by atoms with E-state index >= 15 is 0 Å². The van der Waals surface area contributed by atoms with E-state index in [4.69, 9.17) is 5.73 Å². The number of benzene rings is 1. The van der Waals surface area contributed by atoms with Crippen molar-refractivity contribution in [1.82, 2.24) is 9.47 Å². The number of hydrogen-bond acceptors (Lipinski definition) is 3. The Bertz CT molecular complexity index is 648. The van der Waals surface area contributed by atoms with Crippen LogP contribution in [0.2, 0.25) is 0 Å². The summed E-state index contributed by atoms with van der Waals surface area (Å²) in [5.74, 6) is 0. The van der Waals surface area contributed by atoms with Crippen molar-refractivity contribution in [2.75, 3.05) is 12.3 Å². The molecule has 2 aromatic rings. The Morgan fingerprint density at radius 2 is 1.89 bits per heavy atom. The summed E-state index contributed by atoms with van der Waals surface area (Å²) in [7, 11) is 0. The van der Waals surface area contributed by atoms with E-state index in [1.54, 1.807) is 16.7 Å². The van der Waals surface area contributed by atoms with Gasteiger partial charge in [0.15, 0.2) is 0 Å². The summed E-state index contributed by atoms with van der Waals surface area (Å²) in [5.41, 5.74) is 9.32. The quantitative estimate of drug-likeness (QED) is 0.844. The van der Waals surface area contributed by atoms with Crippen molar-refractivity contribution in [2.24, 2.45) is 0 Å². The molecule has 4 heteroatoms. The third-order valence-electron chi connectivity index (χ3n) is 3.57. The maximum Gasteiger partial charge on any atom is 0.250 e. The molecular formula is C15H17N3O. The number of fused-ring (bicyclic) bond motifs is 1. The fourth-order valence-corrected chi connectivity index (χ4v) is 2.54. The van der Waals surface area contributed by atoms with Gasteiger partial charge in [-0.05, 0) is 29.3 Å². The molecule has 0 saturated heterocycles. The summed E-state index contributed by atoms with van der Waals surface area (Å²) >= 11 is 0. The highest BCUT2D eigenvalue weighted by Gasteiger charge is 2.18. The zero-order chi connectivity index (χ0) is 13.2. The number of aromatic nitrogens is 1. The first-order valence-corrected chi connectivity index (χ1v) is 6.47. The number of nitrogen functional groups attached to an aromatic ring is 1. The van der Waals surface area contributed by atoms with Crippen molar-refractivity contribution >= 4 is 5.69 Å². The van der Waals surface area contributed by atoms with Crippen LogP contribution in [0.4, 0.5) is 5.69 Å². The molecule has 98 valence electrons. The summed E-state index contributed by atoms with van der Waals surface area (Å²) in [6.07, 6.45) is 1.84. The Kier molecular flexibility index (Phi) is 3.09. The second-order valence-electron chi connectivity index (χ2n) is 4.97. The molecule has 1 aromatic heterocycles. The van der Waals surface area contributed by atoms with Crippen molar-refractivity contribution in [3.63, 3.8) is 0 Å². The molecule has 0 atom stereocenters. The lowest BCUT2D eigenvalue weighted by Crippen LogP contribution is -2.27. The van der Waals surface area contributed by atoms with Gasteiger partial charge >= 0.3 is 0 Å². The Morgan fingerprint density at radius 1 is 1.05 bits per heavy atom. The number of hydrogen-bond donors (Lipinski definition) is 1. The molecule has 0 aliphatic carbocycles. The van der Waals surface area contributed by atoms with Crippen LogP contribution >= 0.6 is 0 Å². The van der Waals surface area contributed by atoms with Gasteiger partial charge in [-0.15, -0.1) is 0 Å². The van der Waals surface area contributed by atoms with Crippen molar-refractivity contribution in [3.8, 4) is 0 Å². The molecule has 19 heavy (non-hydrogen) atoms. The van der Waals surface area contributed by atoms with E-state index in [2.05, 4.69) is 11.0 Å². The molecule has 0 saturated carbocycles. The van der Waals surface area contributed by atoms with Crippen molar-refractivity contribution < 1.29 is 0 Å². The molecule has 0 bridgehead atoms. The number of anilines is 1. The largest absolute Gasteiger partial charge is 0.399 e. The van der Waals surface area contributed by atoms with Crippen LogP contribution in [0.3, 0.4) is 0 Å². The van der Waals surface area contributed by atoms with Crippen molar-refractivity contribution in [1.29, 1.82) is 0 Å². The van der Waals surface area contributed by atoms with Crippen LogP contribution in [0.5, 0.6) is 0 Å². The Labute approximate surface area is 112 Å². The van der Waals surface area contributed by atoms with Crippen molar-refractivity contribution in [2.45, 2.75) is 19.6 Å². The first-order valence-electron chi connectivity index (χ1n) is 6.47. The molecule has 1 aliphatic heterocycles. The lowest BCUT2D eigenvalue weighted by Gasteiger charge is -2.15. The molecule has 0 amide bonds. The van der Waals surface area contributed by atoms with Gasteiger partial charge in [-0.3, -0.25) is 9.69 Å². The van der Waals surface area contributed by atoms with Crippen molar-refractivity contribution in [3.05, 3.63) is 64.1 Å². The second-order valence-corrected chi connectivity index (χ2v) is 4.97. The highest BCUT2D eigenvalue weighted by Crippen LogP contribution is 2.24. The van der Waals surface area contributed by atoms with Crippen LogP contribution in [-0.2, 0) is 19.6 Å². The average molecular weight is 255 g/mol. The predicted molar refractivity (Wildman–Crippen MR) is 75.7 cm³/mol. The normalized spacial score (nSPS) is 14.5. The Morgan fingerprint density at radius 3 is 2.74 bits per heavy atom. The summed E-state index contributed by atoms with van der Waals surface area (Å²) in [6.45, 7) is 3.46. The van der Waals surface area contributed by atoms with Crippen LogP contribution in [0.25, 0.3) is 0 Å². The topological polar surface area (TPSA) is 51.3 Å². The molecule has 2 heterocycles. The fourth-order valence-electron chi connectivity index (χ4n) is 2.54. The van der Waals surface area contributed by atoms with Gasteiger partial charge in [-0.1, -0.05) is 12.1 Å². The molecule has 0 spiro atoms. The molecule has 0 unspecified atom stereocenters. The number of nitrogens with two attached hydrogens (primary N) is 1. The van der Waals surface area contributed by atoms with E-state index in [9.17, 15) is 4.79 Å². The summed E-state index contributed by atoms with van der Waals surface area (Å²) in [6, 6.07) is 11.3. The van der Waals surface area contributed by atoms with Gasteiger partial charge in [0.05, 0.1) is 0 Å². The van der Waals surface area contributed by atoms with Gasteiger partial charge in [0.2, 0.25) is 0 Å². The molecule has 3 rings (SSSR count). The average Bonchev–Trinajstić information content (AvgIpc) is 2.79. The predicted octanol–water partition coefficient (Wildman–Crippen LogP) is 1.45. The highest BCUT2D eigenvalue weighted by molar-refractivity contribution is 5.46. The third-order valence-corrected chi connectivity index (χ3v) is 3.57. The maximum absolute atomic E-state index is 11.6. The molecular weight excluding hydrogens is 238 g/mol. The number of pyridine rings is 1. The number of rotatable bonds is 3. The minimum absolute atomic E-state index is 0.0588. The van der Waals surface area contributed by atoms with Crippen LogP contribution in [-0.4, -0.2) is 16.0 Å². The minimum Gasteiger partial charge on any atom is -0.399 e. The van der Waals surface area contributed by atoms with Gasteiger partial charge in [0.1, 0.15) is 0 Å². The lowest BCUT2D eigenvalue weighted by atomic mass is 10.1. The van der Waals surface area contributed by atoms with E-state index in [1.165, 1.54) is 11.1 Å². The van der Waals surface area contributed by atoms with Crippen LogP contribution in [0.15, 0.2) is 47.4 Å². The van der Waals surface area contributed by atoms with Gasteiger partial charge < -0.3 is 10.3 Å². The summed E-state index contributed by atoms with van der Waals surface area (Å²) < 4.78 is 1.75. The smallest absolute Gasteiger partial charge is 0.250 e. The van der Waals surface area contributed by atoms with Gasteiger partial charge in [0.25, 0.3) is 5.56 Å². The number of nitrogens with zero attached hydrogens (tertiary/aromatic N) is 2. The van der Waals surface area contributed by atoms with E-state index in [0.717, 1.165) is 31.9 Å². The Hall–Kier alpha value is -2.07. The second kappa shape index (κ2) is 4.90. The van der Waals surface area contributed by atoms with Crippen LogP contribution in [0.1, 0.15) is 11.1 Å². The summed E-state index contributed by atoms with van der Waals surface area (Å²) in [5, 5.41) is 0. The van der Waals surface area contributed by atoms with E-state index < -0.39 is 0 Å². The molecule has 0 radical (unpaired) electrons. The van der Waals surface area contributed by atoms with Crippen LogP contribution < -0.4 is 11.3 Å². The van der Waals surface area contributed by atoms with Gasteiger partial charge in [-0.25, -0.2) is 0 Å². The van der Waals surface area contributed by atoms with E-state index in [0.29, 0.717) is 0 Å². The third kappa shape index (κ3) is 2.53. The first-order chi connectivity index (χ1) is 9.22. The van der Waals surface area contributed by atoms with Gasteiger partial charge in [-0.2, -0.15) is 0 Å². The SMILES string of the molecule is Nc1ccc2c(c1)CN(CCn1ccccc1=O)C2. The zero-order valence-corrected chi connectivity index (χ0v) is 10.7. The fraction of sp³-hybridized carbons (Fsp3) is 0.267. The maximum atomic E-state index is 11.6. The van der Waals surface area contributed by atoms with Crippen LogP contribution in [0, 0.1) is 0 Å². The highest BCUT2D eigenvalue weighted by atomic mass is 16.1. The summed E-state index contributed by atoms with van der Waals surface area (Å²) in [4.78, 5) is 14.0.